The van der Waals surface area contributed by atoms with Crippen molar-refractivity contribution in [3.8, 4) is 0 Å². The molecule has 2 heterocycles. The van der Waals surface area contributed by atoms with Gasteiger partial charge in [0.05, 0.1) is 24.5 Å². The second kappa shape index (κ2) is 4.81. The van der Waals surface area contributed by atoms with Crippen LogP contribution in [-0.2, 0) is 24.1 Å². The molecule has 0 amide bonds. The Balaban J connectivity index is 2.16. The van der Waals surface area contributed by atoms with Gasteiger partial charge in [-0.25, -0.2) is 9.97 Å². The summed E-state index contributed by atoms with van der Waals surface area (Å²) in [7, 11) is 1.73. The third-order valence-corrected chi connectivity index (χ3v) is 3.92. The van der Waals surface area contributed by atoms with Crippen LogP contribution in [0.2, 0.25) is 0 Å². The molecule has 102 valence electrons. The average Bonchev–Trinajstić information content (AvgIpc) is 2.83. The molecule has 0 radical (unpaired) electrons. The number of fused-ring (bicyclic) bond motifs is 3. The van der Waals surface area contributed by atoms with Gasteiger partial charge in [-0.1, -0.05) is 0 Å². The molecule has 19 heavy (non-hydrogen) atoms. The van der Waals surface area contributed by atoms with Crippen LogP contribution in [0.4, 0.5) is 5.82 Å². The van der Waals surface area contributed by atoms with Crippen LogP contribution in [0.3, 0.4) is 0 Å². The predicted octanol–water partition coefficient (Wildman–Crippen LogP) is 1.93. The SMILES string of the molecule is COC(C)Cn1cnc2c(N)nc3c(c21)CCCC3. The first-order valence-corrected chi connectivity index (χ1v) is 6.85. The Morgan fingerprint density at radius 1 is 1.42 bits per heavy atom. The molecule has 0 fully saturated rings. The van der Waals surface area contributed by atoms with E-state index < -0.39 is 0 Å². The van der Waals surface area contributed by atoms with Gasteiger partial charge in [0.15, 0.2) is 5.82 Å². The number of imidazole rings is 1. The Hall–Kier alpha value is -1.62. The van der Waals surface area contributed by atoms with E-state index in [4.69, 9.17) is 10.5 Å². The zero-order valence-corrected chi connectivity index (χ0v) is 11.5. The van der Waals surface area contributed by atoms with Crippen LogP contribution in [0.25, 0.3) is 11.0 Å². The van der Waals surface area contributed by atoms with E-state index in [9.17, 15) is 0 Å². The molecule has 0 bridgehead atoms. The van der Waals surface area contributed by atoms with Crippen LogP contribution in [-0.4, -0.2) is 27.7 Å². The van der Waals surface area contributed by atoms with Crippen molar-refractivity contribution in [2.75, 3.05) is 12.8 Å². The van der Waals surface area contributed by atoms with Crippen LogP contribution in [0.1, 0.15) is 31.0 Å². The summed E-state index contributed by atoms with van der Waals surface area (Å²) < 4.78 is 7.51. The lowest BCUT2D eigenvalue weighted by Crippen LogP contribution is -2.16. The standard InChI is InChI=1S/C14H20N4O/c1-9(19-2)7-18-8-16-12-13(18)10-5-3-4-6-11(10)17-14(12)15/h8-9H,3-7H2,1-2H3,(H2,15,17). The average molecular weight is 260 g/mol. The zero-order chi connectivity index (χ0) is 13.4. The van der Waals surface area contributed by atoms with Gasteiger partial charge in [-0.3, -0.25) is 0 Å². The second-order valence-corrected chi connectivity index (χ2v) is 5.27. The fourth-order valence-corrected chi connectivity index (χ4v) is 2.84. The number of aromatic nitrogens is 3. The summed E-state index contributed by atoms with van der Waals surface area (Å²) in [5.74, 6) is 0.555. The molecule has 5 heteroatoms. The Morgan fingerprint density at radius 3 is 3.00 bits per heavy atom. The molecule has 0 aliphatic heterocycles. The molecule has 3 rings (SSSR count). The van der Waals surface area contributed by atoms with E-state index in [0.29, 0.717) is 5.82 Å². The Morgan fingerprint density at radius 2 is 2.21 bits per heavy atom. The number of rotatable bonds is 3. The van der Waals surface area contributed by atoms with Crippen LogP contribution in [0.15, 0.2) is 6.33 Å². The predicted molar refractivity (Wildman–Crippen MR) is 75.1 cm³/mol. The second-order valence-electron chi connectivity index (χ2n) is 5.27. The highest BCUT2D eigenvalue weighted by molar-refractivity contribution is 5.88. The lowest BCUT2D eigenvalue weighted by atomic mass is 9.95. The molecule has 1 unspecified atom stereocenters. The monoisotopic (exact) mass is 260 g/mol. The van der Waals surface area contributed by atoms with Gasteiger partial charge in [0.2, 0.25) is 0 Å². The molecule has 2 N–H and O–H groups in total. The van der Waals surface area contributed by atoms with E-state index in [-0.39, 0.29) is 6.10 Å². The van der Waals surface area contributed by atoms with Gasteiger partial charge in [0.25, 0.3) is 0 Å². The number of methoxy groups -OCH3 is 1. The maximum Gasteiger partial charge on any atom is 0.151 e. The van der Waals surface area contributed by atoms with E-state index in [1.807, 2.05) is 6.33 Å². The van der Waals surface area contributed by atoms with Gasteiger partial charge >= 0.3 is 0 Å². The molecule has 1 atom stereocenters. The normalized spacial score (nSPS) is 16.5. The first-order valence-electron chi connectivity index (χ1n) is 6.85. The zero-order valence-electron chi connectivity index (χ0n) is 11.5. The molecular formula is C14H20N4O. The minimum absolute atomic E-state index is 0.158. The number of nitrogens with zero attached hydrogens (tertiary/aromatic N) is 3. The summed E-state index contributed by atoms with van der Waals surface area (Å²) in [5.41, 5.74) is 10.5. The van der Waals surface area contributed by atoms with Crippen molar-refractivity contribution in [3.05, 3.63) is 17.6 Å². The molecule has 2 aromatic rings. The largest absolute Gasteiger partial charge is 0.382 e. The summed E-state index contributed by atoms with van der Waals surface area (Å²) in [5, 5.41) is 0. The summed E-state index contributed by atoms with van der Waals surface area (Å²) in [6.07, 6.45) is 6.54. The van der Waals surface area contributed by atoms with Crippen molar-refractivity contribution in [2.45, 2.75) is 45.3 Å². The van der Waals surface area contributed by atoms with E-state index in [0.717, 1.165) is 36.1 Å². The minimum atomic E-state index is 0.158. The molecule has 5 nitrogen and oxygen atoms in total. The fourth-order valence-electron chi connectivity index (χ4n) is 2.84. The number of anilines is 1. The van der Waals surface area contributed by atoms with Crippen molar-refractivity contribution in [1.82, 2.24) is 14.5 Å². The summed E-state index contributed by atoms with van der Waals surface area (Å²) >= 11 is 0. The maximum absolute atomic E-state index is 6.04. The Labute approximate surface area is 112 Å². The van der Waals surface area contributed by atoms with Crippen molar-refractivity contribution in [1.29, 1.82) is 0 Å². The van der Waals surface area contributed by atoms with E-state index in [1.54, 1.807) is 7.11 Å². The minimum Gasteiger partial charge on any atom is -0.382 e. The van der Waals surface area contributed by atoms with E-state index in [1.165, 1.54) is 18.4 Å². The number of hydrogen-bond donors (Lipinski definition) is 1. The van der Waals surface area contributed by atoms with E-state index >= 15 is 0 Å². The number of ether oxygens (including phenoxy) is 1. The molecule has 0 saturated carbocycles. The van der Waals surface area contributed by atoms with Gasteiger partial charge in [-0.05, 0) is 38.2 Å². The van der Waals surface area contributed by atoms with E-state index in [2.05, 4.69) is 21.5 Å². The molecule has 0 spiro atoms. The molecular weight excluding hydrogens is 240 g/mol. The Kier molecular flexibility index (Phi) is 3.14. The molecule has 2 aromatic heterocycles. The summed E-state index contributed by atoms with van der Waals surface area (Å²) in [4.78, 5) is 8.96. The highest BCUT2D eigenvalue weighted by Gasteiger charge is 2.20. The van der Waals surface area contributed by atoms with Crippen LogP contribution < -0.4 is 5.73 Å². The first kappa shape index (κ1) is 12.4. The number of aryl methyl sites for hydroxylation is 2. The quantitative estimate of drug-likeness (QED) is 0.915. The first-order chi connectivity index (χ1) is 9.20. The number of nitrogen functional groups attached to an aromatic ring is 1. The number of hydrogen-bond acceptors (Lipinski definition) is 4. The molecule has 1 aliphatic carbocycles. The highest BCUT2D eigenvalue weighted by Crippen LogP contribution is 2.30. The molecule has 1 aliphatic rings. The van der Waals surface area contributed by atoms with Crippen molar-refractivity contribution in [2.24, 2.45) is 0 Å². The lowest BCUT2D eigenvalue weighted by Gasteiger charge is -2.18. The third kappa shape index (κ3) is 2.08. The van der Waals surface area contributed by atoms with Crippen LogP contribution >= 0.6 is 0 Å². The lowest BCUT2D eigenvalue weighted by molar-refractivity contribution is 0.104. The highest BCUT2D eigenvalue weighted by atomic mass is 16.5. The summed E-state index contributed by atoms with van der Waals surface area (Å²) in [6.45, 7) is 2.85. The number of nitrogens with two attached hydrogens (primary N) is 1. The van der Waals surface area contributed by atoms with Gasteiger partial charge in [-0.2, -0.15) is 0 Å². The van der Waals surface area contributed by atoms with Crippen molar-refractivity contribution >= 4 is 16.9 Å². The number of pyridine rings is 1. The summed E-state index contributed by atoms with van der Waals surface area (Å²) in [6, 6.07) is 0. The smallest absolute Gasteiger partial charge is 0.151 e. The topological polar surface area (TPSA) is 66.0 Å². The molecule has 0 aromatic carbocycles. The van der Waals surface area contributed by atoms with Gasteiger partial charge in [0.1, 0.15) is 5.52 Å². The van der Waals surface area contributed by atoms with Gasteiger partial charge in [0, 0.05) is 12.8 Å². The Bertz CT molecular complexity index is 605. The van der Waals surface area contributed by atoms with Gasteiger partial charge < -0.3 is 15.0 Å². The van der Waals surface area contributed by atoms with Crippen LogP contribution in [0, 0.1) is 0 Å². The van der Waals surface area contributed by atoms with Gasteiger partial charge in [-0.15, -0.1) is 0 Å². The fraction of sp³-hybridized carbons (Fsp3) is 0.571. The third-order valence-electron chi connectivity index (χ3n) is 3.92. The maximum atomic E-state index is 6.04. The molecule has 0 saturated heterocycles. The van der Waals surface area contributed by atoms with Crippen LogP contribution in [0.5, 0.6) is 0 Å². The van der Waals surface area contributed by atoms with Crippen molar-refractivity contribution in [3.63, 3.8) is 0 Å². The van der Waals surface area contributed by atoms with Crippen molar-refractivity contribution < 1.29 is 4.74 Å².